The van der Waals surface area contributed by atoms with E-state index in [1.807, 2.05) is 17.5 Å². The molecule has 28 heavy (non-hydrogen) atoms. The number of amides is 1. The fourth-order valence-corrected chi connectivity index (χ4v) is 7.98. The summed E-state index contributed by atoms with van der Waals surface area (Å²) in [6.45, 7) is 0. The first-order chi connectivity index (χ1) is 13.2. The molecule has 0 bridgehead atoms. The molecule has 0 unspecified atom stereocenters. The zero-order valence-electron chi connectivity index (χ0n) is 15.3. The Morgan fingerprint density at radius 1 is 1.18 bits per heavy atom. The summed E-state index contributed by atoms with van der Waals surface area (Å²) in [5.74, 6) is -0.167. The van der Waals surface area contributed by atoms with Gasteiger partial charge in [-0.05, 0) is 30.4 Å². The molecule has 4 heterocycles. The summed E-state index contributed by atoms with van der Waals surface area (Å²) in [6.07, 6.45) is 0.886. The topological polar surface area (TPSA) is 106 Å². The largest absolute Gasteiger partial charge is 0.336 e. The van der Waals surface area contributed by atoms with Gasteiger partial charge in [0.05, 0.1) is 39.6 Å². The molecule has 11 heteroatoms. The number of carbonyl (C=O) groups excluding carboxylic acids is 1. The molecule has 2 fully saturated rings. The molecule has 2 aromatic rings. The van der Waals surface area contributed by atoms with Crippen LogP contribution in [-0.2, 0) is 19.7 Å². The molecule has 0 saturated carbocycles. The number of rotatable bonds is 4. The lowest BCUT2D eigenvalue weighted by Gasteiger charge is -2.22. The van der Waals surface area contributed by atoms with Crippen LogP contribution in [0.4, 0.5) is 0 Å². The summed E-state index contributed by atoms with van der Waals surface area (Å²) in [5, 5.41) is 6.37. The van der Waals surface area contributed by atoms with Crippen LogP contribution in [0.5, 0.6) is 0 Å². The number of nitrogens with zero attached hydrogens (tertiary/aromatic N) is 3. The van der Waals surface area contributed by atoms with Crippen LogP contribution in [0.3, 0.4) is 0 Å². The summed E-state index contributed by atoms with van der Waals surface area (Å²) in [7, 11) is -4.61. The second-order valence-electron chi connectivity index (χ2n) is 7.37. The van der Waals surface area contributed by atoms with Crippen molar-refractivity contribution in [3.05, 3.63) is 29.3 Å². The van der Waals surface area contributed by atoms with Crippen LogP contribution >= 0.6 is 11.3 Å². The molecule has 0 N–H and O–H groups in total. The molecule has 0 spiro atoms. The van der Waals surface area contributed by atoms with Crippen molar-refractivity contribution in [3.8, 4) is 10.6 Å². The smallest absolute Gasteiger partial charge is 0.274 e. The average Bonchev–Trinajstić information content (AvgIpc) is 3.38. The van der Waals surface area contributed by atoms with Gasteiger partial charge in [-0.15, -0.1) is 11.3 Å². The summed E-state index contributed by atoms with van der Waals surface area (Å²) >= 11 is 1.49. The van der Waals surface area contributed by atoms with Crippen molar-refractivity contribution in [1.29, 1.82) is 0 Å². The highest BCUT2D eigenvalue weighted by Crippen LogP contribution is 2.32. The van der Waals surface area contributed by atoms with Gasteiger partial charge in [0, 0.05) is 13.1 Å². The minimum absolute atomic E-state index is 0.0113. The van der Waals surface area contributed by atoms with E-state index in [1.54, 1.807) is 17.8 Å². The Bertz CT molecular complexity index is 1100. The molecule has 0 radical (unpaired) electrons. The Balaban J connectivity index is 1.66. The molecule has 0 aromatic carbocycles. The van der Waals surface area contributed by atoms with Gasteiger partial charge in [-0.25, -0.2) is 16.8 Å². The van der Waals surface area contributed by atoms with Crippen LogP contribution in [0.15, 0.2) is 23.6 Å². The van der Waals surface area contributed by atoms with Crippen LogP contribution in [0.1, 0.15) is 29.4 Å². The molecule has 2 atom stereocenters. The van der Waals surface area contributed by atoms with Crippen molar-refractivity contribution >= 4 is 36.9 Å². The van der Waals surface area contributed by atoms with Gasteiger partial charge in [-0.3, -0.25) is 9.48 Å². The van der Waals surface area contributed by atoms with Gasteiger partial charge >= 0.3 is 0 Å². The minimum atomic E-state index is -3.11. The first kappa shape index (κ1) is 19.6. The number of hydrogen-bond donors (Lipinski definition) is 0. The second kappa shape index (κ2) is 6.96. The van der Waals surface area contributed by atoms with E-state index < -0.39 is 19.7 Å². The van der Waals surface area contributed by atoms with Gasteiger partial charge < -0.3 is 4.90 Å². The molecule has 2 saturated heterocycles. The van der Waals surface area contributed by atoms with Crippen molar-refractivity contribution < 1.29 is 21.6 Å². The number of carbonyl (C=O) groups is 1. The molecule has 4 rings (SSSR count). The average molecular weight is 444 g/mol. The van der Waals surface area contributed by atoms with Crippen LogP contribution in [-0.4, -0.2) is 73.5 Å². The number of aromatic nitrogens is 2. The Hall–Kier alpha value is -1.72. The highest BCUT2D eigenvalue weighted by atomic mass is 32.2. The van der Waals surface area contributed by atoms with Gasteiger partial charge in [0.15, 0.2) is 25.4 Å². The zero-order chi connectivity index (χ0) is 20.1. The minimum Gasteiger partial charge on any atom is -0.336 e. The first-order valence-electron chi connectivity index (χ1n) is 8.97. The van der Waals surface area contributed by atoms with Crippen LogP contribution < -0.4 is 0 Å². The maximum atomic E-state index is 13.0. The van der Waals surface area contributed by atoms with E-state index in [-0.39, 0.29) is 46.7 Å². The highest BCUT2D eigenvalue weighted by molar-refractivity contribution is 7.91. The lowest BCUT2D eigenvalue weighted by atomic mass is 10.2. The lowest BCUT2D eigenvalue weighted by Crippen LogP contribution is -2.38. The Kier molecular flexibility index (Phi) is 4.87. The molecule has 1 amide bonds. The van der Waals surface area contributed by atoms with E-state index in [2.05, 4.69) is 5.10 Å². The number of hydrogen-bond acceptors (Lipinski definition) is 7. The molecular weight excluding hydrogens is 422 g/mol. The first-order valence-corrected chi connectivity index (χ1v) is 13.5. The Morgan fingerprint density at radius 3 is 2.46 bits per heavy atom. The third-order valence-corrected chi connectivity index (χ3v) is 9.75. The van der Waals surface area contributed by atoms with Crippen molar-refractivity contribution in [1.82, 2.24) is 14.7 Å². The van der Waals surface area contributed by atoms with E-state index >= 15 is 0 Å². The quantitative estimate of drug-likeness (QED) is 0.704. The third kappa shape index (κ3) is 3.74. The maximum absolute atomic E-state index is 13.0. The van der Waals surface area contributed by atoms with E-state index in [1.165, 1.54) is 16.2 Å². The molecule has 152 valence electrons. The molecule has 2 aromatic heterocycles. The second-order valence-corrected chi connectivity index (χ2v) is 12.8. The lowest BCUT2D eigenvalue weighted by molar-refractivity contribution is 0.0740. The molecule has 8 nitrogen and oxygen atoms in total. The highest BCUT2D eigenvalue weighted by Gasteiger charge is 2.36. The zero-order valence-corrected chi connectivity index (χ0v) is 17.8. The predicted octanol–water partition coefficient (Wildman–Crippen LogP) is 1.23. The van der Waals surface area contributed by atoms with Crippen LogP contribution in [0.2, 0.25) is 0 Å². The van der Waals surface area contributed by atoms with E-state index in [0.717, 1.165) is 4.88 Å². The van der Waals surface area contributed by atoms with Crippen molar-refractivity contribution in [2.24, 2.45) is 0 Å². The van der Waals surface area contributed by atoms with Gasteiger partial charge in [-0.1, -0.05) is 6.07 Å². The third-order valence-electron chi connectivity index (χ3n) is 5.36. The van der Waals surface area contributed by atoms with Crippen molar-refractivity contribution in [2.45, 2.75) is 24.9 Å². The molecule has 2 aliphatic rings. The van der Waals surface area contributed by atoms with E-state index in [4.69, 9.17) is 0 Å². The Morgan fingerprint density at radius 2 is 1.89 bits per heavy atom. The number of sulfone groups is 2. The molecule has 2 aliphatic heterocycles. The van der Waals surface area contributed by atoms with E-state index in [9.17, 15) is 21.6 Å². The van der Waals surface area contributed by atoms with Gasteiger partial charge in [0.2, 0.25) is 0 Å². The van der Waals surface area contributed by atoms with Crippen molar-refractivity contribution in [2.75, 3.05) is 30.1 Å². The summed E-state index contributed by atoms with van der Waals surface area (Å²) in [6, 6.07) is 4.81. The monoisotopic (exact) mass is 443 g/mol. The van der Waals surface area contributed by atoms with Crippen LogP contribution in [0.25, 0.3) is 10.6 Å². The SMILES string of the molecule is CN(C(=O)c1cc(-c2cccs2)n([C@@H]2CCS(=O)(=O)C2)n1)[C@H]1CCS(=O)(=O)C1. The van der Waals surface area contributed by atoms with Gasteiger partial charge in [0.25, 0.3) is 5.91 Å². The molecular formula is C17H21N3O5S3. The fourth-order valence-electron chi connectivity index (χ4n) is 3.78. The van der Waals surface area contributed by atoms with Crippen LogP contribution in [0, 0.1) is 0 Å². The number of thiophene rings is 1. The normalized spacial score (nSPS) is 25.8. The van der Waals surface area contributed by atoms with Crippen molar-refractivity contribution in [3.63, 3.8) is 0 Å². The van der Waals surface area contributed by atoms with Gasteiger partial charge in [0.1, 0.15) is 0 Å². The fraction of sp³-hybridized carbons (Fsp3) is 0.529. The van der Waals surface area contributed by atoms with E-state index in [0.29, 0.717) is 18.5 Å². The predicted molar refractivity (Wildman–Crippen MR) is 107 cm³/mol. The summed E-state index contributed by atoms with van der Waals surface area (Å²) in [5.41, 5.74) is 0.924. The standard InChI is InChI=1S/C17H21N3O5S3/c1-19(12-4-7-27(22,23)10-12)17(21)14-9-15(16-3-2-6-26-16)20(18-14)13-5-8-28(24,25)11-13/h2-3,6,9,12-13H,4-5,7-8,10-11H2,1H3/t12-,13+/m0/s1. The maximum Gasteiger partial charge on any atom is 0.274 e. The van der Waals surface area contributed by atoms with Gasteiger partial charge in [-0.2, -0.15) is 5.10 Å². The Labute approximate surface area is 168 Å². The molecule has 0 aliphatic carbocycles. The summed E-state index contributed by atoms with van der Waals surface area (Å²) < 4.78 is 49.0. The summed E-state index contributed by atoms with van der Waals surface area (Å²) in [4.78, 5) is 15.3.